The Bertz CT molecular complexity index is 693. The van der Waals surface area contributed by atoms with Gasteiger partial charge in [0.05, 0.1) is 7.11 Å². The summed E-state index contributed by atoms with van der Waals surface area (Å²) in [7, 11) is -2.33. The molecule has 0 unspecified atom stereocenters. The van der Waals surface area contributed by atoms with Crippen molar-refractivity contribution in [2.45, 2.75) is 44.6 Å². The molecular formula is C17H26N2O4S. The summed E-state index contributed by atoms with van der Waals surface area (Å²) in [5.41, 5.74) is 0.370. The lowest BCUT2D eigenvalue weighted by Crippen LogP contribution is -2.38. The zero-order chi connectivity index (χ0) is 17.9. The van der Waals surface area contributed by atoms with Crippen molar-refractivity contribution in [2.75, 3.05) is 20.2 Å². The van der Waals surface area contributed by atoms with E-state index in [-0.39, 0.29) is 22.6 Å². The first-order valence-corrected chi connectivity index (χ1v) is 9.72. The fourth-order valence-corrected chi connectivity index (χ4v) is 4.23. The molecule has 6 nitrogen and oxygen atoms in total. The maximum absolute atomic E-state index is 12.7. The van der Waals surface area contributed by atoms with Crippen LogP contribution in [0.15, 0.2) is 23.1 Å². The van der Waals surface area contributed by atoms with Crippen LogP contribution in [-0.4, -0.2) is 45.5 Å². The number of hydrogen-bond acceptors (Lipinski definition) is 4. The number of ether oxygens (including phenoxy) is 1. The Morgan fingerprint density at radius 3 is 2.46 bits per heavy atom. The summed E-state index contributed by atoms with van der Waals surface area (Å²) >= 11 is 0. The van der Waals surface area contributed by atoms with Crippen LogP contribution in [0.5, 0.6) is 5.75 Å². The highest BCUT2D eigenvalue weighted by molar-refractivity contribution is 7.89. The Labute approximate surface area is 144 Å². The van der Waals surface area contributed by atoms with E-state index in [0.29, 0.717) is 24.6 Å². The lowest BCUT2D eigenvalue weighted by Gasteiger charge is -2.30. The standard InChI is InChI=1S/C17H26N2O4S/c1-12(2)18-24(21,22)16-11-14(5-6-15(16)23-4)17(20)19-9-7-13(3)8-10-19/h5-6,11-13,18H,7-10H2,1-4H3. The van der Waals surface area contributed by atoms with Crippen LogP contribution in [0.4, 0.5) is 0 Å². The van der Waals surface area contributed by atoms with E-state index in [1.165, 1.54) is 19.2 Å². The molecule has 134 valence electrons. The van der Waals surface area contributed by atoms with Crippen molar-refractivity contribution in [3.8, 4) is 5.75 Å². The average Bonchev–Trinajstić information content (AvgIpc) is 2.53. The number of methoxy groups -OCH3 is 1. The molecule has 1 saturated heterocycles. The summed E-state index contributed by atoms with van der Waals surface area (Å²) in [6.45, 7) is 7.08. The zero-order valence-electron chi connectivity index (χ0n) is 14.7. The second kappa shape index (κ2) is 7.53. The van der Waals surface area contributed by atoms with Crippen molar-refractivity contribution in [1.29, 1.82) is 0 Å². The van der Waals surface area contributed by atoms with Crippen molar-refractivity contribution in [1.82, 2.24) is 9.62 Å². The van der Waals surface area contributed by atoms with Crippen LogP contribution in [0, 0.1) is 5.92 Å². The molecule has 0 atom stereocenters. The van der Waals surface area contributed by atoms with Crippen LogP contribution in [0.1, 0.15) is 44.0 Å². The molecule has 24 heavy (non-hydrogen) atoms. The fraction of sp³-hybridized carbons (Fsp3) is 0.588. The highest BCUT2D eigenvalue weighted by atomic mass is 32.2. The molecule has 0 spiro atoms. The summed E-state index contributed by atoms with van der Waals surface area (Å²) < 4.78 is 32.7. The van der Waals surface area contributed by atoms with Gasteiger partial charge in [-0.1, -0.05) is 6.92 Å². The molecule has 1 aliphatic heterocycles. The number of rotatable bonds is 5. The minimum Gasteiger partial charge on any atom is -0.495 e. The predicted molar refractivity (Wildman–Crippen MR) is 92.8 cm³/mol. The number of piperidine rings is 1. The fourth-order valence-electron chi connectivity index (χ4n) is 2.79. The second-order valence-electron chi connectivity index (χ2n) is 6.62. The number of sulfonamides is 1. The molecule has 1 N–H and O–H groups in total. The topological polar surface area (TPSA) is 75.7 Å². The third-order valence-electron chi connectivity index (χ3n) is 4.16. The van der Waals surface area contributed by atoms with Crippen LogP contribution >= 0.6 is 0 Å². The quantitative estimate of drug-likeness (QED) is 0.880. The summed E-state index contributed by atoms with van der Waals surface area (Å²) in [5.74, 6) is 0.716. The third-order valence-corrected chi connectivity index (χ3v) is 5.84. The molecular weight excluding hydrogens is 328 g/mol. The molecule has 1 aromatic carbocycles. The Hall–Kier alpha value is -1.60. The first-order chi connectivity index (χ1) is 11.2. The third kappa shape index (κ3) is 4.27. The average molecular weight is 354 g/mol. The van der Waals surface area contributed by atoms with E-state index in [4.69, 9.17) is 4.74 Å². The Kier molecular flexibility index (Phi) is 5.87. The molecule has 1 aromatic rings. The smallest absolute Gasteiger partial charge is 0.253 e. The van der Waals surface area contributed by atoms with Gasteiger partial charge in [-0.2, -0.15) is 0 Å². The molecule has 1 amide bonds. The Balaban J connectivity index is 2.33. The van der Waals surface area contributed by atoms with E-state index in [0.717, 1.165) is 12.8 Å². The van der Waals surface area contributed by atoms with Crippen LogP contribution in [0.3, 0.4) is 0 Å². The lowest BCUT2D eigenvalue weighted by molar-refractivity contribution is 0.0697. The molecule has 0 saturated carbocycles. The summed E-state index contributed by atoms with van der Waals surface area (Å²) in [6, 6.07) is 4.31. The largest absolute Gasteiger partial charge is 0.495 e. The first-order valence-electron chi connectivity index (χ1n) is 8.24. The van der Waals surface area contributed by atoms with Gasteiger partial charge in [0.1, 0.15) is 10.6 Å². The molecule has 1 heterocycles. The van der Waals surface area contributed by atoms with E-state index in [1.54, 1.807) is 24.8 Å². The Morgan fingerprint density at radius 1 is 1.29 bits per heavy atom. The summed E-state index contributed by atoms with van der Waals surface area (Å²) in [4.78, 5) is 14.5. The SMILES string of the molecule is COc1ccc(C(=O)N2CCC(C)CC2)cc1S(=O)(=O)NC(C)C. The first kappa shape index (κ1) is 18.7. The monoisotopic (exact) mass is 354 g/mol. The van der Waals surface area contributed by atoms with Crippen molar-refractivity contribution in [2.24, 2.45) is 5.92 Å². The van der Waals surface area contributed by atoms with Crippen LogP contribution in [0.25, 0.3) is 0 Å². The van der Waals surface area contributed by atoms with Gasteiger partial charge in [0.15, 0.2) is 0 Å². The number of carbonyl (C=O) groups is 1. The minimum atomic E-state index is -3.74. The van der Waals surface area contributed by atoms with Crippen molar-refractivity contribution in [3.05, 3.63) is 23.8 Å². The normalized spacial score (nSPS) is 16.5. The van der Waals surface area contributed by atoms with Crippen LogP contribution in [0.2, 0.25) is 0 Å². The second-order valence-corrected chi connectivity index (χ2v) is 8.30. The molecule has 0 radical (unpaired) electrons. The molecule has 0 aromatic heterocycles. The zero-order valence-corrected chi connectivity index (χ0v) is 15.5. The molecule has 1 fully saturated rings. The summed E-state index contributed by atoms with van der Waals surface area (Å²) in [5, 5.41) is 0. The molecule has 0 aliphatic carbocycles. The van der Waals surface area contributed by atoms with E-state index in [9.17, 15) is 13.2 Å². The minimum absolute atomic E-state index is 0.00470. The van der Waals surface area contributed by atoms with Gasteiger partial charge in [0, 0.05) is 24.7 Å². The maximum Gasteiger partial charge on any atom is 0.253 e. The Morgan fingerprint density at radius 2 is 1.92 bits per heavy atom. The van der Waals surface area contributed by atoms with Gasteiger partial charge in [-0.3, -0.25) is 4.79 Å². The maximum atomic E-state index is 12.7. The summed E-state index contributed by atoms with van der Waals surface area (Å²) in [6.07, 6.45) is 1.95. The highest BCUT2D eigenvalue weighted by Gasteiger charge is 2.25. The van der Waals surface area contributed by atoms with E-state index >= 15 is 0 Å². The molecule has 0 bridgehead atoms. The molecule has 1 aliphatic rings. The van der Waals surface area contributed by atoms with Gasteiger partial charge in [-0.25, -0.2) is 13.1 Å². The number of benzene rings is 1. The number of likely N-dealkylation sites (tertiary alicyclic amines) is 1. The van der Waals surface area contributed by atoms with Gasteiger partial charge >= 0.3 is 0 Å². The van der Waals surface area contributed by atoms with Crippen LogP contribution in [-0.2, 0) is 10.0 Å². The molecule has 7 heteroatoms. The van der Waals surface area contributed by atoms with E-state index in [2.05, 4.69) is 11.6 Å². The number of nitrogens with one attached hydrogen (secondary N) is 1. The number of amides is 1. The van der Waals surface area contributed by atoms with Gasteiger partial charge in [-0.15, -0.1) is 0 Å². The lowest BCUT2D eigenvalue weighted by atomic mass is 9.98. The van der Waals surface area contributed by atoms with Gasteiger partial charge in [-0.05, 0) is 50.8 Å². The van der Waals surface area contributed by atoms with Crippen LogP contribution < -0.4 is 9.46 Å². The van der Waals surface area contributed by atoms with Gasteiger partial charge < -0.3 is 9.64 Å². The van der Waals surface area contributed by atoms with Gasteiger partial charge in [0.2, 0.25) is 10.0 Å². The molecule has 2 rings (SSSR count). The number of nitrogens with zero attached hydrogens (tertiary/aromatic N) is 1. The van der Waals surface area contributed by atoms with E-state index in [1.807, 2.05) is 0 Å². The van der Waals surface area contributed by atoms with Gasteiger partial charge in [0.25, 0.3) is 5.91 Å². The highest BCUT2D eigenvalue weighted by Crippen LogP contribution is 2.26. The number of carbonyl (C=O) groups excluding carboxylic acids is 1. The van der Waals surface area contributed by atoms with E-state index < -0.39 is 10.0 Å². The predicted octanol–water partition coefficient (Wildman–Crippen LogP) is 2.25. The van der Waals surface area contributed by atoms with Crippen molar-refractivity contribution in [3.63, 3.8) is 0 Å². The van der Waals surface area contributed by atoms with Crippen molar-refractivity contribution >= 4 is 15.9 Å². The number of hydrogen-bond donors (Lipinski definition) is 1. The van der Waals surface area contributed by atoms with Crippen molar-refractivity contribution < 1.29 is 17.9 Å².